The fraction of sp³-hybridized carbons (Fsp3) is 1.00. The molecule has 0 aromatic rings. The summed E-state index contributed by atoms with van der Waals surface area (Å²) in [5.41, 5.74) is 0.765. The van der Waals surface area contributed by atoms with Crippen LogP contribution in [0.5, 0.6) is 0 Å². The van der Waals surface area contributed by atoms with Crippen molar-refractivity contribution in [3.8, 4) is 0 Å². The van der Waals surface area contributed by atoms with E-state index in [1.807, 2.05) is 0 Å². The lowest BCUT2D eigenvalue weighted by molar-refractivity contribution is 0.130. The Morgan fingerprint density at radius 1 is 1.18 bits per heavy atom. The predicted molar refractivity (Wildman–Crippen MR) is 72.2 cm³/mol. The molecule has 0 heterocycles. The molecule has 2 rings (SSSR count). The lowest BCUT2D eigenvalue weighted by Crippen LogP contribution is -2.43. The van der Waals surface area contributed by atoms with Crippen molar-refractivity contribution in [2.75, 3.05) is 13.7 Å². The minimum Gasteiger partial charge on any atom is -0.383 e. The Morgan fingerprint density at radius 3 is 2.35 bits per heavy atom. The fourth-order valence-corrected chi connectivity index (χ4v) is 3.84. The van der Waals surface area contributed by atoms with E-state index in [0.717, 1.165) is 18.1 Å². The van der Waals surface area contributed by atoms with Gasteiger partial charge in [0.1, 0.15) is 0 Å². The summed E-state index contributed by atoms with van der Waals surface area (Å²) >= 11 is 0. The zero-order valence-electron chi connectivity index (χ0n) is 11.6. The molecule has 0 saturated heterocycles. The quantitative estimate of drug-likeness (QED) is 0.793. The molecule has 0 aromatic heterocycles. The zero-order chi connectivity index (χ0) is 12.1. The third kappa shape index (κ3) is 3.45. The molecule has 0 aromatic carbocycles. The maximum absolute atomic E-state index is 5.27. The van der Waals surface area contributed by atoms with E-state index in [1.54, 1.807) is 7.11 Å². The molecule has 1 unspecified atom stereocenters. The van der Waals surface area contributed by atoms with Crippen molar-refractivity contribution in [1.82, 2.24) is 5.32 Å². The second kappa shape index (κ2) is 6.19. The van der Waals surface area contributed by atoms with Crippen LogP contribution in [0.2, 0.25) is 0 Å². The molecule has 0 bridgehead atoms. The molecule has 2 nitrogen and oxygen atoms in total. The average molecular weight is 239 g/mol. The van der Waals surface area contributed by atoms with Gasteiger partial charge in [-0.15, -0.1) is 0 Å². The molecule has 2 fully saturated rings. The van der Waals surface area contributed by atoms with E-state index >= 15 is 0 Å². The van der Waals surface area contributed by atoms with Crippen molar-refractivity contribution in [3.63, 3.8) is 0 Å². The van der Waals surface area contributed by atoms with Gasteiger partial charge in [0.2, 0.25) is 0 Å². The van der Waals surface area contributed by atoms with E-state index in [-0.39, 0.29) is 0 Å². The second-order valence-electron chi connectivity index (χ2n) is 6.21. The first-order chi connectivity index (χ1) is 8.28. The smallest absolute Gasteiger partial charge is 0.0615 e. The van der Waals surface area contributed by atoms with Gasteiger partial charge in [-0.05, 0) is 50.4 Å². The predicted octanol–water partition coefficient (Wildman–Crippen LogP) is 3.50. The third-order valence-electron chi connectivity index (χ3n) is 5.04. The van der Waals surface area contributed by atoms with Gasteiger partial charge in [0.15, 0.2) is 0 Å². The van der Waals surface area contributed by atoms with Gasteiger partial charge >= 0.3 is 0 Å². The van der Waals surface area contributed by atoms with Crippen molar-refractivity contribution in [2.24, 2.45) is 5.41 Å². The molecule has 1 atom stereocenters. The first-order valence-electron chi connectivity index (χ1n) is 7.53. The van der Waals surface area contributed by atoms with Crippen LogP contribution in [0.1, 0.15) is 64.7 Å². The first kappa shape index (κ1) is 13.4. The van der Waals surface area contributed by atoms with Crippen LogP contribution >= 0.6 is 0 Å². The molecule has 1 spiro atoms. The van der Waals surface area contributed by atoms with Crippen LogP contribution in [0.4, 0.5) is 0 Å². The number of nitrogens with one attached hydrogen (secondary N) is 1. The topological polar surface area (TPSA) is 21.3 Å². The summed E-state index contributed by atoms with van der Waals surface area (Å²) < 4.78 is 5.27. The minimum atomic E-state index is 0.558. The van der Waals surface area contributed by atoms with Crippen molar-refractivity contribution < 1.29 is 4.74 Å². The SMILES string of the molecule is CCC(COC)NC1CCC2(CCCC2)CC1. The molecule has 2 saturated carbocycles. The van der Waals surface area contributed by atoms with Gasteiger partial charge < -0.3 is 10.1 Å². The molecule has 1 N–H and O–H groups in total. The van der Waals surface area contributed by atoms with Crippen LogP contribution in [-0.4, -0.2) is 25.8 Å². The van der Waals surface area contributed by atoms with Crippen molar-refractivity contribution >= 4 is 0 Å². The molecule has 0 aliphatic heterocycles. The van der Waals surface area contributed by atoms with E-state index in [4.69, 9.17) is 4.74 Å². The number of rotatable bonds is 5. The van der Waals surface area contributed by atoms with Gasteiger partial charge in [-0.25, -0.2) is 0 Å². The Balaban J connectivity index is 1.74. The summed E-state index contributed by atoms with van der Waals surface area (Å²) in [6, 6.07) is 1.31. The average Bonchev–Trinajstić information content (AvgIpc) is 2.80. The van der Waals surface area contributed by atoms with E-state index in [0.29, 0.717) is 6.04 Å². The van der Waals surface area contributed by atoms with E-state index < -0.39 is 0 Å². The summed E-state index contributed by atoms with van der Waals surface area (Å²) in [6.07, 6.45) is 12.9. The van der Waals surface area contributed by atoms with Gasteiger partial charge in [0.05, 0.1) is 6.61 Å². The van der Waals surface area contributed by atoms with Gasteiger partial charge in [0, 0.05) is 19.2 Å². The Morgan fingerprint density at radius 2 is 1.82 bits per heavy atom. The maximum atomic E-state index is 5.27. The van der Waals surface area contributed by atoms with Crippen LogP contribution in [0, 0.1) is 5.41 Å². The lowest BCUT2D eigenvalue weighted by atomic mass is 9.71. The van der Waals surface area contributed by atoms with Gasteiger partial charge in [-0.1, -0.05) is 19.8 Å². The largest absolute Gasteiger partial charge is 0.383 e. The highest BCUT2D eigenvalue weighted by Crippen LogP contribution is 2.48. The first-order valence-corrected chi connectivity index (χ1v) is 7.53. The number of hydrogen-bond donors (Lipinski definition) is 1. The summed E-state index contributed by atoms with van der Waals surface area (Å²) in [5, 5.41) is 3.79. The van der Waals surface area contributed by atoms with Gasteiger partial charge in [-0.3, -0.25) is 0 Å². The molecule has 0 amide bonds. The third-order valence-corrected chi connectivity index (χ3v) is 5.04. The Kier molecular flexibility index (Phi) is 4.87. The Labute approximate surface area is 107 Å². The van der Waals surface area contributed by atoms with Gasteiger partial charge in [-0.2, -0.15) is 0 Å². The van der Waals surface area contributed by atoms with Crippen LogP contribution in [0.3, 0.4) is 0 Å². The molecule has 2 aliphatic rings. The van der Waals surface area contributed by atoms with Gasteiger partial charge in [0.25, 0.3) is 0 Å². The van der Waals surface area contributed by atoms with Crippen LogP contribution in [0.25, 0.3) is 0 Å². The Hall–Kier alpha value is -0.0800. The highest BCUT2D eigenvalue weighted by atomic mass is 16.5. The standard InChI is InChI=1S/C15H29NO/c1-3-13(12-17-2)16-14-6-10-15(11-7-14)8-4-5-9-15/h13-14,16H,3-12H2,1-2H3. The molecule has 2 heteroatoms. The van der Waals surface area contributed by atoms with Crippen molar-refractivity contribution in [3.05, 3.63) is 0 Å². The molecule has 0 radical (unpaired) electrons. The number of hydrogen-bond acceptors (Lipinski definition) is 2. The van der Waals surface area contributed by atoms with Crippen molar-refractivity contribution in [1.29, 1.82) is 0 Å². The molecule has 17 heavy (non-hydrogen) atoms. The summed E-state index contributed by atoms with van der Waals surface area (Å²) in [5.74, 6) is 0. The number of ether oxygens (including phenoxy) is 1. The van der Waals surface area contributed by atoms with Crippen molar-refractivity contribution in [2.45, 2.75) is 76.8 Å². The zero-order valence-corrected chi connectivity index (χ0v) is 11.6. The maximum Gasteiger partial charge on any atom is 0.0615 e. The van der Waals surface area contributed by atoms with Crippen LogP contribution in [-0.2, 0) is 4.74 Å². The minimum absolute atomic E-state index is 0.558. The summed E-state index contributed by atoms with van der Waals surface area (Å²) in [7, 11) is 1.80. The molecular weight excluding hydrogens is 210 g/mol. The summed E-state index contributed by atoms with van der Waals surface area (Å²) in [6.45, 7) is 3.11. The van der Waals surface area contributed by atoms with E-state index in [2.05, 4.69) is 12.2 Å². The molecule has 100 valence electrons. The van der Waals surface area contributed by atoms with Crippen LogP contribution in [0.15, 0.2) is 0 Å². The van der Waals surface area contributed by atoms with Crippen LogP contribution < -0.4 is 5.32 Å². The monoisotopic (exact) mass is 239 g/mol. The normalized spacial score (nSPS) is 26.5. The summed E-state index contributed by atoms with van der Waals surface area (Å²) in [4.78, 5) is 0. The highest BCUT2D eigenvalue weighted by molar-refractivity contribution is 4.91. The van der Waals surface area contributed by atoms with E-state index in [9.17, 15) is 0 Å². The fourth-order valence-electron chi connectivity index (χ4n) is 3.84. The highest BCUT2D eigenvalue weighted by Gasteiger charge is 2.37. The number of methoxy groups -OCH3 is 1. The lowest BCUT2D eigenvalue weighted by Gasteiger charge is -2.38. The van der Waals surface area contributed by atoms with E-state index in [1.165, 1.54) is 57.8 Å². The molecule has 2 aliphatic carbocycles. The second-order valence-corrected chi connectivity index (χ2v) is 6.21. The molecular formula is C15H29NO. The Bertz CT molecular complexity index is 213.